The highest BCUT2D eigenvalue weighted by atomic mass is 35.5. The number of fused-ring (bicyclic) bond motifs is 3. The third kappa shape index (κ3) is 1.71. The van der Waals surface area contributed by atoms with Crippen LogP contribution in [0.2, 0.25) is 5.02 Å². The predicted octanol–water partition coefficient (Wildman–Crippen LogP) is 1.65. The number of rotatable bonds is 1. The molecule has 17 heavy (non-hydrogen) atoms. The van der Waals surface area contributed by atoms with Crippen molar-refractivity contribution < 1.29 is 14.5 Å². The lowest BCUT2D eigenvalue weighted by Gasteiger charge is -1.93. The van der Waals surface area contributed by atoms with Crippen LogP contribution in [0.4, 0.5) is 0 Å². The first-order valence-corrected chi connectivity index (χ1v) is 5.54. The van der Waals surface area contributed by atoms with E-state index < -0.39 is 7.12 Å². The molecule has 0 aliphatic heterocycles. The maximum atomic E-state index is 9.21. The van der Waals surface area contributed by atoms with Gasteiger partial charge >= 0.3 is 7.12 Å². The molecule has 0 bridgehead atoms. The lowest BCUT2D eigenvalue weighted by atomic mass is 9.80. The summed E-state index contributed by atoms with van der Waals surface area (Å²) in [5, 5.41) is 19.0. The van der Waals surface area contributed by atoms with E-state index in [1.807, 2.05) is 18.2 Å². The largest absolute Gasteiger partial charge is 0.727 e. The van der Waals surface area contributed by atoms with Crippen LogP contribution in [0.5, 0.6) is 0 Å². The number of hydrogen-bond acceptors (Lipinski definition) is 2. The Hall–Kier alpha value is -1.49. The molecule has 0 saturated heterocycles. The fraction of sp³-hybridized carbons (Fsp3) is 0. The molecule has 84 valence electrons. The van der Waals surface area contributed by atoms with E-state index in [0.717, 1.165) is 16.4 Å². The van der Waals surface area contributed by atoms with E-state index in [4.69, 9.17) is 21.0 Å². The maximum Gasteiger partial charge on any atom is 0.727 e. The quantitative estimate of drug-likeness (QED) is 0.525. The molecule has 3 N–H and O–H groups in total. The van der Waals surface area contributed by atoms with E-state index in [1.165, 1.54) is 0 Å². The van der Waals surface area contributed by atoms with Crippen molar-refractivity contribution in [3.63, 3.8) is 0 Å². The van der Waals surface area contributed by atoms with Gasteiger partial charge < -0.3 is 14.5 Å². The van der Waals surface area contributed by atoms with Gasteiger partial charge in [0, 0.05) is 15.8 Å². The van der Waals surface area contributed by atoms with Gasteiger partial charge in [-0.3, -0.25) is 0 Å². The average molecular weight is 247 g/mol. The first-order valence-electron chi connectivity index (χ1n) is 5.16. The molecule has 1 aromatic heterocycles. The van der Waals surface area contributed by atoms with Gasteiger partial charge in [0.25, 0.3) is 0 Å². The molecule has 0 aliphatic rings. The highest BCUT2D eigenvalue weighted by molar-refractivity contribution is 6.58. The van der Waals surface area contributed by atoms with Crippen molar-refractivity contribution in [2.24, 2.45) is 0 Å². The van der Waals surface area contributed by atoms with Crippen LogP contribution in [-0.4, -0.2) is 17.2 Å². The predicted molar refractivity (Wildman–Crippen MR) is 70.0 cm³/mol. The van der Waals surface area contributed by atoms with E-state index in [-0.39, 0.29) is 0 Å². The smallest absolute Gasteiger partial charge is 0.522 e. The Morgan fingerprint density at radius 1 is 1.06 bits per heavy atom. The first kappa shape index (κ1) is 10.7. The highest BCUT2D eigenvalue weighted by Crippen LogP contribution is 2.29. The van der Waals surface area contributed by atoms with Crippen molar-refractivity contribution in [2.45, 2.75) is 0 Å². The summed E-state index contributed by atoms with van der Waals surface area (Å²) in [5.41, 5.74) is 1.93. The number of hydrogen-bond donors (Lipinski definition) is 1. The van der Waals surface area contributed by atoms with Crippen LogP contribution < -0.4 is 5.46 Å². The van der Waals surface area contributed by atoms with Gasteiger partial charge in [-0.15, -0.1) is 0 Å². The fourth-order valence-corrected chi connectivity index (χ4v) is 2.11. The van der Waals surface area contributed by atoms with Crippen molar-refractivity contribution in [2.75, 3.05) is 0 Å². The number of benzene rings is 2. The molecule has 0 fully saturated rings. The van der Waals surface area contributed by atoms with E-state index in [9.17, 15) is 5.02 Å². The van der Waals surface area contributed by atoms with Crippen LogP contribution in [-0.2, 0) is 0 Å². The molecule has 3 rings (SSSR count). The van der Waals surface area contributed by atoms with Crippen molar-refractivity contribution in [1.82, 2.24) is 0 Å². The minimum Gasteiger partial charge on any atom is -0.522 e. The van der Waals surface area contributed by atoms with Crippen molar-refractivity contribution >= 4 is 46.1 Å². The van der Waals surface area contributed by atoms with Crippen LogP contribution in [0.3, 0.4) is 0 Å². The lowest BCUT2D eigenvalue weighted by molar-refractivity contribution is 0.425. The molecule has 0 unspecified atom stereocenters. The molecular weight excluding hydrogens is 238 g/mol. The van der Waals surface area contributed by atoms with Gasteiger partial charge in [-0.05, 0) is 24.3 Å². The van der Waals surface area contributed by atoms with Crippen LogP contribution in [0, 0.1) is 0 Å². The Labute approximate surface area is 102 Å². The molecule has 1 heterocycles. The monoisotopic (exact) mass is 247 g/mol. The van der Waals surface area contributed by atoms with Crippen LogP contribution in [0.15, 0.2) is 40.8 Å². The normalized spacial score (nSPS) is 11.2. The van der Waals surface area contributed by atoms with Gasteiger partial charge in [-0.25, -0.2) is 0 Å². The van der Waals surface area contributed by atoms with E-state index in [1.54, 1.807) is 18.2 Å². The van der Waals surface area contributed by atoms with Crippen molar-refractivity contribution in [3.8, 4) is 0 Å². The molecule has 2 aromatic carbocycles. The summed E-state index contributed by atoms with van der Waals surface area (Å²) in [6.07, 6.45) is 0. The van der Waals surface area contributed by atoms with Crippen molar-refractivity contribution in [1.29, 1.82) is 0 Å². The summed E-state index contributed by atoms with van der Waals surface area (Å²) >= 11 is 5.95. The summed E-state index contributed by atoms with van der Waals surface area (Å²) in [6.45, 7) is 0. The average Bonchev–Trinajstić information content (AvgIpc) is 2.66. The standard InChI is InChI=1S/C12H8BClO3/c14-8-2-4-11-10(6-8)9-3-1-7(13(15)16)5-12(9)17-11/h1-6,15-16H/p+1. The molecule has 3 nitrogen and oxygen atoms in total. The second-order valence-corrected chi connectivity index (χ2v) is 4.34. The summed E-state index contributed by atoms with van der Waals surface area (Å²) in [5.74, 6) is 0. The van der Waals surface area contributed by atoms with Gasteiger partial charge in [-0.1, -0.05) is 23.7 Å². The zero-order valence-electron chi connectivity index (χ0n) is 8.77. The minimum absolute atomic E-state index is 0.516. The van der Waals surface area contributed by atoms with Crippen LogP contribution in [0.25, 0.3) is 21.9 Å². The molecule has 0 aliphatic carbocycles. The Morgan fingerprint density at radius 2 is 1.88 bits per heavy atom. The van der Waals surface area contributed by atoms with Gasteiger partial charge in [0.15, 0.2) is 0 Å². The molecule has 0 atom stereocenters. The lowest BCUT2D eigenvalue weighted by Crippen LogP contribution is -2.29. The Kier molecular flexibility index (Phi) is 2.36. The van der Waals surface area contributed by atoms with Gasteiger partial charge in [0.1, 0.15) is 11.2 Å². The molecule has 5 heteroatoms. The van der Waals surface area contributed by atoms with Gasteiger partial charge in [0.05, 0.1) is 5.46 Å². The second-order valence-electron chi connectivity index (χ2n) is 3.90. The Morgan fingerprint density at radius 3 is 2.65 bits per heavy atom. The molecular formula is C12H9BClO3+. The van der Waals surface area contributed by atoms with Crippen LogP contribution >= 0.6 is 11.6 Å². The molecule has 3 aromatic rings. The van der Waals surface area contributed by atoms with E-state index >= 15 is 0 Å². The van der Waals surface area contributed by atoms with Crippen molar-refractivity contribution in [3.05, 3.63) is 41.4 Å². The SMILES string of the molecule is OB([OH2+])c1ccc2c(c1)oc1ccc(Cl)cc12. The molecule has 0 saturated carbocycles. The number of halogens is 1. The fourth-order valence-electron chi connectivity index (χ4n) is 1.94. The topological polar surface area (TPSA) is 56.3 Å². The number of furan rings is 1. The maximum absolute atomic E-state index is 9.21. The molecule has 0 radical (unpaired) electrons. The summed E-state index contributed by atoms with van der Waals surface area (Å²) in [6, 6.07) is 10.7. The van der Waals surface area contributed by atoms with E-state index in [2.05, 4.69) is 0 Å². The summed E-state index contributed by atoms with van der Waals surface area (Å²) < 4.78 is 5.65. The minimum atomic E-state index is -1.24. The molecule has 0 spiro atoms. The third-order valence-electron chi connectivity index (χ3n) is 2.77. The first-order chi connectivity index (χ1) is 8.15. The highest BCUT2D eigenvalue weighted by Gasteiger charge is 2.22. The zero-order chi connectivity index (χ0) is 12.0. The van der Waals surface area contributed by atoms with Gasteiger partial charge in [-0.2, -0.15) is 0 Å². The molecule has 0 amide bonds. The van der Waals surface area contributed by atoms with Gasteiger partial charge in [0.2, 0.25) is 0 Å². The Bertz CT molecular complexity index is 705. The third-order valence-corrected chi connectivity index (χ3v) is 3.01. The Balaban J connectivity index is 2.36. The van der Waals surface area contributed by atoms with E-state index in [0.29, 0.717) is 16.1 Å². The zero-order valence-corrected chi connectivity index (χ0v) is 9.53. The second kappa shape index (κ2) is 3.77. The van der Waals surface area contributed by atoms with Crippen LogP contribution in [0.1, 0.15) is 0 Å². The summed E-state index contributed by atoms with van der Waals surface area (Å²) in [7, 11) is -1.24. The summed E-state index contributed by atoms with van der Waals surface area (Å²) in [4.78, 5) is 0.